The highest BCUT2D eigenvalue weighted by molar-refractivity contribution is 9.10. The standard InChI is InChI=1S/C22H25BrN2O3S/c1-15-5-9-20(10-6-15)29(27,28)25(19-4-2-3-18(23)13-19)14-22(26)24-21-12-16-7-8-17(21)11-16/h2-6,9-10,13,16-17,21H,7-8,11-12,14H2,1H3,(H,24,26)/t16-,17+,21+/m0/s1. The van der Waals surface area contributed by atoms with Crippen LogP contribution < -0.4 is 9.62 Å². The summed E-state index contributed by atoms with van der Waals surface area (Å²) in [6, 6.07) is 13.9. The zero-order valence-corrected chi connectivity index (χ0v) is 18.7. The molecular formula is C22H25BrN2O3S. The van der Waals surface area contributed by atoms with Crippen molar-refractivity contribution in [3.8, 4) is 0 Å². The number of rotatable bonds is 6. The van der Waals surface area contributed by atoms with Gasteiger partial charge in [0.1, 0.15) is 6.54 Å². The predicted molar refractivity (Wildman–Crippen MR) is 117 cm³/mol. The van der Waals surface area contributed by atoms with Gasteiger partial charge in [-0.1, -0.05) is 46.1 Å². The van der Waals surface area contributed by atoms with Gasteiger partial charge in [-0.2, -0.15) is 0 Å². The normalized spacial score (nSPS) is 23.2. The van der Waals surface area contributed by atoms with Gasteiger partial charge in [-0.25, -0.2) is 8.42 Å². The molecule has 1 amide bonds. The van der Waals surface area contributed by atoms with Crippen LogP contribution in [0.4, 0.5) is 5.69 Å². The van der Waals surface area contributed by atoms with Gasteiger partial charge in [0.05, 0.1) is 10.6 Å². The molecule has 0 aromatic heterocycles. The number of carbonyl (C=O) groups excluding carboxylic acids is 1. The summed E-state index contributed by atoms with van der Waals surface area (Å²) in [4.78, 5) is 13.0. The van der Waals surface area contributed by atoms with Crippen LogP contribution in [-0.4, -0.2) is 26.9 Å². The van der Waals surface area contributed by atoms with Gasteiger partial charge in [0.2, 0.25) is 5.91 Å². The Bertz CT molecular complexity index is 1010. The quantitative estimate of drug-likeness (QED) is 0.677. The number of sulfonamides is 1. The highest BCUT2D eigenvalue weighted by Crippen LogP contribution is 2.44. The number of hydrogen-bond acceptors (Lipinski definition) is 3. The fourth-order valence-electron chi connectivity index (χ4n) is 4.59. The number of amides is 1. The van der Waals surface area contributed by atoms with Crippen LogP contribution in [0.15, 0.2) is 57.9 Å². The van der Waals surface area contributed by atoms with E-state index in [1.807, 2.05) is 13.0 Å². The Hall–Kier alpha value is -1.86. The van der Waals surface area contributed by atoms with E-state index in [9.17, 15) is 13.2 Å². The first-order chi connectivity index (χ1) is 13.8. The third-order valence-corrected chi connectivity index (χ3v) is 8.36. The van der Waals surface area contributed by atoms with Gasteiger partial charge in [0, 0.05) is 10.5 Å². The van der Waals surface area contributed by atoms with Crippen molar-refractivity contribution in [2.45, 2.75) is 43.5 Å². The minimum atomic E-state index is -3.87. The highest BCUT2D eigenvalue weighted by atomic mass is 79.9. The first-order valence-corrected chi connectivity index (χ1v) is 12.2. The number of nitrogens with zero attached hydrogens (tertiary/aromatic N) is 1. The van der Waals surface area contributed by atoms with Crippen LogP contribution in [0.2, 0.25) is 0 Å². The molecule has 5 nitrogen and oxygen atoms in total. The molecule has 154 valence electrons. The Balaban J connectivity index is 1.60. The lowest BCUT2D eigenvalue weighted by Crippen LogP contribution is -2.46. The summed E-state index contributed by atoms with van der Waals surface area (Å²) in [7, 11) is -3.87. The van der Waals surface area contributed by atoms with E-state index in [4.69, 9.17) is 0 Å². The topological polar surface area (TPSA) is 66.5 Å². The highest BCUT2D eigenvalue weighted by Gasteiger charge is 2.40. The Kier molecular flexibility index (Phi) is 5.71. The van der Waals surface area contributed by atoms with Crippen LogP contribution in [-0.2, 0) is 14.8 Å². The zero-order chi connectivity index (χ0) is 20.6. The van der Waals surface area contributed by atoms with E-state index in [1.165, 1.54) is 17.1 Å². The number of carbonyl (C=O) groups is 1. The van der Waals surface area contributed by atoms with E-state index in [0.717, 1.165) is 22.9 Å². The molecule has 0 aliphatic heterocycles. The van der Waals surface area contributed by atoms with Crippen molar-refractivity contribution >= 4 is 37.5 Å². The molecule has 0 saturated heterocycles. The van der Waals surface area contributed by atoms with E-state index >= 15 is 0 Å². The van der Waals surface area contributed by atoms with Gasteiger partial charge >= 0.3 is 0 Å². The van der Waals surface area contributed by atoms with Crippen LogP contribution in [0.5, 0.6) is 0 Å². The first kappa shape index (κ1) is 20.4. The lowest BCUT2D eigenvalue weighted by atomic mass is 9.95. The number of anilines is 1. The number of hydrogen-bond donors (Lipinski definition) is 1. The molecular weight excluding hydrogens is 452 g/mol. The molecule has 1 N–H and O–H groups in total. The molecule has 0 unspecified atom stereocenters. The molecule has 2 aromatic carbocycles. The van der Waals surface area contributed by atoms with Crippen molar-refractivity contribution in [1.82, 2.24) is 5.32 Å². The van der Waals surface area contributed by atoms with Crippen LogP contribution >= 0.6 is 15.9 Å². The van der Waals surface area contributed by atoms with E-state index in [1.54, 1.807) is 42.5 Å². The molecule has 4 rings (SSSR count). The molecule has 2 fully saturated rings. The molecule has 2 aliphatic rings. The summed E-state index contributed by atoms with van der Waals surface area (Å²) < 4.78 is 28.7. The molecule has 2 aromatic rings. The summed E-state index contributed by atoms with van der Waals surface area (Å²) in [5.41, 5.74) is 1.44. The van der Waals surface area contributed by atoms with Gasteiger partial charge in [0.15, 0.2) is 0 Å². The van der Waals surface area contributed by atoms with E-state index < -0.39 is 10.0 Å². The molecule has 0 radical (unpaired) electrons. The Labute approximate surface area is 180 Å². The zero-order valence-electron chi connectivity index (χ0n) is 16.3. The van der Waals surface area contributed by atoms with Gasteiger partial charge in [-0.05, 0) is 68.4 Å². The second-order valence-electron chi connectivity index (χ2n) is 8.15. The molecule has 29 heavy (non-hydrogen) atoms. The Morgan fingerprint density at radius 1 is 1.14 bits per heavy atom. The summed E-state index contributed by atoms with van der Waals surface area (Å²) >= 11 is 3.40. The average Bonchev–Trinajstić information content (AvgIpc) is 3.29. The molecule has 2 aliphatic carbocycles. The van der Waals surface area contributed by atoms with E-state index in [0.29, 0.717) is 17.5 Å². The number of fused-ring (bicyclic) bond motifs is 2. The van der Waals surface area contributed by atoms with Gasteiger partial charge in [-0.3, -0.25) is 9.10 Å². The Morgan fingerprint density at radius 3 is 2.52 bits per heavy atom. The van der Waals surface area contributed by atoms with Gasteiger partial charge < -0.3 is 5.32 Å². The summed E-state index contributed by atoms with van der Waals surface area (Å²) in [5, 5.41) is 3.10. The van der Waals surface area contributed by atoms with Crippen LogP contribution in [0.25, 0.3) is 0 Å². The monoisotopic (exact) mass is 476 g/mol. The van der Waals surface area contributed by atoms with E-state index in [2.05, 4.69) is 21.2 Å². The van der Waals surface area contributed by atoms with Crippen molar-refractivity contribution in [1.29, 1.82) is 0 Å². The third-order valence-electron chi connectivity index (χ3n) is 6.08. The van der Waals surface area contributed by atoms with Crippen molar-refractivity contribution in [3.05, 3.63) is 58.6 Å². The summed E-state index contributed by atoms with van der Waals surface area (Å²) in [6.45, 7) is 1.67. The minimum Gasteiger partial charge on any atom is -0.352 e. The van der Waals surface area contributed by atoms with Crippen LogP contribution in [0, 0.1) is 18.8 Å². The fraction of sp³-hybridized carbons (Fsp3) is 0.409. The Morgan fingerprint density at radius 2 is 1.90 bits per heavy atom. The second kappa shape index (κ2) is 8.11. The number of halogens is 1. The maximum atomic E-state index is 13.4. The summed E-state index contributed by atoms with van der Waals surface area (Å²) in [6.07, 6.45) is 4.61. The van der Waals surface area contributed by atoms with Gasteiger partial charge in [0.25, 0.3) is 10.0 Å². The molecule has 2 saturated carbocycles. The van der Waals surface area contributed by atoms with Crippen molar-refractivity contribution < 1.29 is 13.2 Å². The lowest BCUT2D eigenvalue weighted by Gasteiger charge is -2.27. The average molecular weight is 477 g/mol. The SMILES string of the molecule is Cc1ccc(S(=O)(=O)N(CC(=O)N[C@@H]2C[C@H]3CC[C@@H]2C3)c2cccc(Br)c2)cc1. The maximum absolute atomic E-state index is 13.4. The first-order valence-electron chi connectivity index (χ1n) is 9.97. The van der Waals surface area contributed by atoms with Crippen molar-refractivity contribution in [3.63, 3.8) is 0 Å². The maximum Gasteiger partial charge on any atom is 0.264 e. The van der Waals surface area contributed by atoms with Crippen molar-refractivity contribution in [2.24, 2.45) is 11.8 Å². The molecule has 3 atom stereocenters. The van der Waals surface area contributed by atoms with Crippen LogP contribution in [0.1, 0.15) is 31.2 Å². The van der Waals surface area contributed by atoms with Crippen LogP contribution in [0.3, 0.4) is 0 Å². The second-order valence-corrected chi connectivity index (χ2v) is 10.9. The number of nitrogens with one attached hydrogen (secondary N) is 1. The van der Waals surface area contributed by atoms with Crippen molar-refractivity contribution in [2.75, 3.05) is 10.8 Å². The molecule has 0 heterocycles. The lowest BCUT2D eigenvalue weighted by molar-refractivity contribution is -0.120. The molecule has 7 heteroatoms. The molecule has 2 bridgehead atoms. The third kappa shape index (κ3) is 4.36. The number of aryl methyl sites for hydroxylation is 1. The van der Waals surface area contributed by atoms with E-state index in [-0.39, 0.29) is 23.4 Å². The summed E-state index contributed by atoms with van der Waals surface area (Å²) in [5.74, 6) is 0.998. The predicted octanol–water partition coefficient (Wildman–Crippen LogP) is 4.26. The minimum absolute atomic E-state index is 0.174. The van der Waals surface area contributed by atoms with Gasteiger partial charge in [-0.15, -0.1) is 0 Å². The smallest absolute Gasteiger partial charge is 0.264 e. The number of benzene rings is 2. The largest absolute Gasteiger partial charge is 0.352 e. The molecule has 0 spiro atoms. The fourth-order valence-corrected chi connectivity index (χ4v) is 6.39.